The fourth-order valence-electron chi connectivity index (χ4n) is 8.07. The smallest absolute Gasteiger partial charge is 0.0827 e. The molecule has 0 heterocycles. The highest BCUT2D eigenvalue weighted by Gasteiger charge is 2.64. The molecule has 0 bridgehead atoms. The standard InChI is InChI=1S/C23H41NO/c1-16(2)24-15-23(25)14-11-20-18-9-8-17-7-5-6-12-21(17,3)19(18)10-13-22(20,23)4/h16-20,24-25H,5-15H2,1-4H3/t17-,18-,19+,20+,21+,22+,23+/m1/s1. The van der Waals surface area contributed by atoms with Crippen molar-refractivity contribution in [2.75, 3.05) is 6.54 Å². The minimum atomic E-state index is -0.489. The molecule has 7 atom stereocenters. The molecule has 4 aliphatic carbocycles. The topological polar surface area (TPSA) is 32.3 Å². The second-order valence-electron chi connectivity index (χ2n) is 11.0. The molecule has 0 aliphatic heterocycles. The first-order valence-electron chi connectivity index (χ1n) is 11.3. The Kier molecular flexibility index (Phi) is 4.56. The van der Waals surface area contributed by atoms with Crippen molar-refractivity contribution in [3.63, 3.8) is 0 Å². The van der Waals surface area contributed by atoms with Gasteiger partial charge in [-0.3, -0.25) is 0 Å². The highest BCUT2D eigenvalue weighted by atomic mass is 16.3. The van der Waals surface area contributed by atoms with Crippen LogP contribution in [0.1, 0.15) is 91.9 Å². The lowest BCUT2D eigenvalue weighted by Gasteiger charge is -2.61. The van der Waals surface area contributed by atoms with Gasteiger partial charge in [-0.15, -0.1) is 0 Å². The molecule has 0 amide bonds. The Morgan fingerprint density at radius 1 is 0.920 bits per heavy atom. The summed E-state index contributed by atoms with van der Waals surface area (Å²) in [6.45, 7) is 10.3. The van der Waals surface area contributed by atoms with E-state index in [9.17, 15) is 5.11 Å². The predicted molar refractivity (Wildman–Crippen MR) is 104 cm³/mol. The third kappa shape index (κ3) is 2.64. The summed E-state index contributed by atoms with van der Waals surface area (Å²) in [5.41, 5.74) is 0.254. The van der Waals surface area contributed by atoms with E-state index in [1.807, 2.05) is 0 Å². The summed E-state index contributed by atoms with van der Waals surface area (Å²) in [6, 6.07) is 0.458. The maximum Gasteiger partial charge on any atom is 0.0827 e. The van der Waals surface area contributed by atoms with Crippen LogP contribution in [0.25, 0.3) is 0 Å². The lowest BCUT2D eigenvalue weighted by atomic mass is 9.44. The van der Waals surface area contributed by atoms with Crippen LogP contribution in [0.15, 0.2) is 0 Å². The molecule has 4 aliphatic rings. The van der Waals surface area contributed by atoms with Gasteiger partial charge in [0, 0.05) is 18.0 Å². The molecule has 0 spiro atoms. The molecular formula is C23H41NO. The third-order valence-corrected chi connectivity index (χ3v) is 9.71. The highest BCUT2D eigenvalue weighted by Crippen LogP contribution is 2.68. The summed E-state index contributed by atoms with van der Waals surface area (Å²) in [5.74, 6) is 3.57. The van der Waals surface area contributed by atoms with Crippen LogP contribution in [0.2, 0.25) is 0 Å². The van der Waals surface area contributed by atoms with Crippen LogP contribution in [0, 0.1) is 34.5 Å². The summed E-state index contributed by atoms with van der Waals surface area (Å²) in [5, 5.41) is 15.2. The predicted octanol–water partition coefficient (Wildman–Crippen LogP) is 5.15. The number of fused-ring (bicyclic) bond motifs is 5. The van der Waals surface area contributed by atoms with E-state index in [0.29, 0.717) is 11.5 Å². The number of hydrogen-bond donors (Lipinski definition) is 2. The van der Waals surface area contributed by atoms with Crippen molar-refractivity contribution in [3.8, 4) is 0 Å². The summed E-state index contributed by atoms with van der Waals surface area (Å²) in [7, 11) is 0. The van der Waals surface area contributed by atoms with Gasteiger partial charge in [-0.1, -0.05) is 40.5 Å². The van der Waals surface area contributed by atoms with E-state index in [1.165, 1.54) is 57.8 Å². The minimum Gasteiger partial charge on any atom is -0.388 e. The Balaban J connectivity index is 1.57. The summed E-state index contributed by atoms with van der Waals surface area (Å²) >= 11 is 0. The molecule has 2 nitrogen and oxygen atoms in total. The molecule has 2 N–H and O–H groups in total. The van der Waals surface area contributed by atoms with Gasteiger partial charge >= 0.3 is 0 Å². The zero-order chi connectivity index (χ0) is 17.9. The molecule has 0 saturated heterocycles. The number of rotatable bonds is 3. The zero-order valence-electron chi connectivity index (χ0n) is 17.1. The van der Waals surface area contributed by atoms with Crippen LogP contribution >= 0.6 is 0 Å². The quantitative estimate of drug-likeness (QED) is 0.740. The molecule has 0 aromatic carbocycles. The lowest BCUT2D eigenvalue weighted by molar-refractivity contribution is -0.150. The Bertz CT molecular complexity index is 504. The van der Waals surface area contributed by atoms with Crippen LogP contribution < -0.4 is 5.32 Å². The average molecular weight is 348 g/mol. The van der Waals surface area contributed by atoms with Gasteiger partial charge in [-0.25, -0.2) is 0 Å². The second kappa shape index (κ2) is 6.23. The first-order valence-corrected chi connectivity index (χ1v) is 11.3. The van der Waals surface area contributed by atoms with E-state index in [-0.39, 0.29) is 5.41 Å². The molecule has 0 aromatic heterocycles. The Morgan fingerprint density at radius 3 is 2.44 bits per heavy atom. The number of nitrogens with one attached hydrogen (secondary N) is 1. The monoisotopic (exact) mass is 347 g/mol. The summed E-state index contributed by atoms with van der Waals surface area (Å²) in [6.07, 6.45) is 13.7. The van der Waals surface area contributed by atoms with Crippen molar-refractivity contribution in [2.24, 2.45) is 34.5 Å². The van der Waals surface area contributed by atoms with Gasteiger partial charge in [0.25, 0.3) is 0 Å². The fraction of sp³-hybridized carbons (Fsp3) is 1.00. The summed E-state index contributed by atoms with van der Waals surface area (Å²) < 4.78 is 0. The van der Waals surface area contributed by atoms with Crippen molar-refractivity contribution in [1.82, 2.24) is 5.32 Å². The molecule has 4 rings (SSSR count). The first kappa shape index (κ1) is 18.3. The average Bonchev–Trinajstić information content (AvgIpc) is 2.84. The van der Waals surface area contributed by atoms with Crippen LogP contribution in [0.5, 0.6) is 0 Å². The van der Waals surface area contributed by atoms with Crippen molar-refractivity contribution < 1.29 is 5.11 Å². The molecule has 2 heteroatoms. The van der Waals surface area contributed by atoms with Crippen LogP contribution in [0.3, 0.4) is 0 Å². The van der Waals surface area contributed by atoms with Gasteiger partial charge in [-0.2, -0.15) is 0 Å². The molecule has 144 valence electrons. The maximum absolute atomic E-state index is 11.6. The molecule has 25 heavy (non-hydrogen) atoms. The van der Waals surface area contributed by atoms with E-state index in [4.69, 9.17) is 0 Å². The molecule has 0 aromatic rings. The van der Waals surface area contributed by atoms with Gasteiger partial charge in [0.15, 0.2) is 0 Å². The van der Waals surface area contributed by atoms with Gasteiger partial charge in [-0.05, 0) is 80.5 Å². The number of aliphatic hydroxyl groups is 1. The lowest BCUT2D eigenvalue weighted by Crippen LogP contribution is -2.58. The van der Waals surface area contributed by atoms with Gasteiger partial charge in [0.1, 0.15) is 0 Å². The van der Waals surface area contributed by atoms with Crippen molar-refractivity contribution >= 4 is 0 Å². The molecule has 0 radical (unpaired) electrons. The third-order valence-electron chi connectivity index (χ3n) is 9.71. The van der Waals surface area contributed by atoms with E-state index in [0.717, 1.165) is 36.6 Å². The molecule has 0 unspecified atom stereocenters. The zero-order valence-corrected chi connectivity index (χ0v) is 17.1. The summed E-state index contributed by atoms with van der Waals surface area (Å²) in [4.78, 5) is 0. The molecule has 4 fully saturated rings. The van der Waals surface area contributed by atoms with Gasteiger partial charge in [0.05, 0.1) is 5.60 Å². The van der Waals surface area contributed by atoms with Crippen molar-refractivity contribution in [2.45, 2.75) is 104 Å². The van der Waals surface area contributed by atoms with Gasteiger partial charge in [0.2, 0.25) is 0 Å². The van der Waals surface area contributed by atoms with E-state index in [1.54, 1.807) is 0 Å². The van der Waals surface area contributed by atoms with E-state index < -0.39 is 5.60 Å². The maximum atomic E-state index is 11.6. The molecular weight excluding hydrogens is 306 g/mol. The Hall–Kier alpha value is -0.0800. The SMILES string of the molecule is CC(C)NC[C@@]1(O)CC[C@H]2[C@@H]3CC[C@H]4CCCC[C@]4(C)[C@H]3CC[C@@]21C. The normalized spacial score (nSPS) is 52.6. The van der Waals surface area contributed by atoms with Crippen LogP contribution in [-0.4, -0.2) is 23.3 Å². The fourth-order valence-corrected chi connectivity index (χ4v) is 8.07. The first-order chi connectivity index (χ1) is 11.8. The van der Waals surface area contributed by atoms with Crippen LogP contribution in [-0.2, 0) is 0 Å². The Morgan fingerprint density at radius 2 is 1.68 bits per heavy atom. The van der Waals surface area contributed by atoms with E-state index in [2.05, 4.69) is 33.0 Å². The van der Waals surface area contributed by atoms with Crippen molar-refractivity contribution in [1.29, 1.82) is 0 Å². The van der Waals surface area contributed by atoms with Gasteiger partial charge < -0.3 is 10.4 Å². The van der Waals surface area contributed by atoms with Crippen molar-refractivity contribution in [3.05, 3.63) is 0 Å². The Labute approximate surface area is 155 Å². The van der Waals surface area contributed by atoms with Crippen LogP contribution in [0.4, 0.5) is 0 Å². The molecule has 4 saturated carbocycles. The second-order valence-corrected chi connectivity index (χ2v) is 11.0. The largest absolute Gasteiger partial charge is 0.388 e. The number of hydrogen-bond acceptors (Lipinski definition) is 2. The highest BCUT2D eigenvalue weighted by molar-refractivity contribution is 5.14. The minimum absolute atomic E-state index is 0.133. The van der Waals surface area contributed by atoms with E-state index >= 15 is 0 Å².